The molecule has 2 aromatic carbocycles. The van der Waals surface area contributed by atoms with E-state index in [0.717, 1.165) is 4.90 Å². The summed E-state index contributed by atoms with van der Waals surface area (Å²) >= 11 is 7.76. The number of nitrogens with zero attached hydrogens (tertiary/aromatic N) is 1. The van der Waals surface area contributed by atoms with Crippen molar-refractivity contribution in [2.24, 2.45) is 0 Å². The van der Waals surface area contributed by atoms with Crippen LogP contribution in [0.4, 0.5) is 0 Å². The summed E-state index contributed by atoms with van der Waals surface area (Å²) in [5, 5.41) is 0.968. The van der Waals surface area contributed by atoms with E-state index >= 15 is 0 Å². The molecule has 0 heterocycles. The van der Waals surface area contributed by atoms with Gasteiger partial charge in [0.1, 0.15) is 0 Å². The molecule has 2 amide bonds. The molecule has 0 fully saturated rings. The van der Waals surface area contributed by atoms with Crippen LogP contribution >= 0.6 is 34.2 Å². The maximum Gasteiger partial charge on any atom is 0.260 e. The first-order valence-corrected chi connectivity index (χ1v) is 10.4. The fourth-order valence-corrected chi connectivity index (χ4v) is 4.39. The van der Waals surface area contributed by atoms with E-state index in [1.165, 1.54) is 38.4 Å². The van der Waals surface area contributed by atoms with E-state index in [1.54, 1.807) is 24.3 Å². The number of carbonyl (C=O) groups is 2. The van der Waals surface area contributed by atoms with Gasteiger partial charge in [-0.25, -0.2) is 8.42 Å². The molecule has 0 aromatic heterocycles. The van der Waals surface area contributed by atoms with Crippen LogP contribution < -0.4 is 5.32 Å². The quantitative estimate of drug-likeness (QED) is 0.632. The van der Waals surface area contributed by atoms with Crippen molar-refractivity contribution in [3.8, 4) is 0 Å². The Labute approximate surface area is 170 Å². The van der Waals surface area contributed by atoms with Gasteiger partial charge in [-0.1, -0.05) is 23.7 Å². The van der Waals surface area contributed by atoms with Gasteiger partial charge in [-0.2, -0.15) is 0 Å². The van der Waals surface area contributed by atoms with Gasteiger partial charge >= 0.3 is 0 Å². The minimum absolute atomic E-state index is 0.106. The van der Waals surface area contributed by atoms with Gasteiger partial charge in [-0.15, -0.1) is 0 Å². The summed E-state index contributed by atoms with van der Waals surface area (Å²) in [6.45, 7) is 0. The van der Waals surface area contributed by atoms with Gasteiger partial charge in [-0.3, -0.25) is 9.59 Å². The second kappa shape index (κ2) is 8.36. The molecule has 9 heteroatoms. The van der Waals surface area contributed by atoms with Crippen LogP contribution in [0.25, 0.3) is 0 Å². The van der Waals surface area contributed by atoms with Crippen molar-refractivity contribution in [3.63, 3.8) is 0 Å². The van der Waals surface area contributed by atoms with Crippen LogP contribution in [0.2, 0.25) is 5.02 Å². The first-order chi connectivity index (χ1) is 12.1. The zero-order valence-electron chi connectivity index (χ0n) is 13.9. The lowest BCUT2D eigenvalue weighted by atomic mass is 10.2. The summed E-state index contributed by atoms with van der Waals surface area (Å²) in [6.07, 6.45) is 0. The highest BCUT2D eigenvalue weighted by Crippen LogP contribution is 2.20. The number of nitrogens with one attached hydrogen (secondary N) is 1. The van der Waals surface area contributed by atoms with Crippen molar-refractivity contribution < 1.29 is 18.0 Å². The molecule has 2 rings (SSSR count). The van der Waals surface area contributed by atoms with E-state index in [2.05, 4.69) is 5.32 Å². The molecule has 0 aliphatic carbocycles. The summed E-state index contributed by atoms with van der Waals surface area (Å²) in [7, 11) is -1.32. The average molecular weight is 507 g/mol. The van der Waals surface area contributed by atoms with Gasteiger partial charge in [-0.05, 0) is 59.0 Å². The second-order valence-corrected chi connectivity index (χ2v) is 9.20. The molecule has 0 radical (unpaired) electrons. The number of hydrogen-bond donors (Lipinski definition) is 1. The van der Waals surface area contributed by atoms with Gasteiger partial charge < -0.3 is 10.2 Å². The van der Waals surface area contributed by atoms with E-state index in [9.17, 15) is 18.0 Å². The van der Waals surface area contributed by atoms with Gasteiger partial charge in [0.2, 0.25) is 15.2 Å². The van der Waals surface area contributed by atoms with E-state index in [4.69, 9.17) is 11.6 Å². The number of halogens is 2. The largest absolute Gasteiger partial charge is 0.346 e. The van der Waals surface area contributed by atoms with Crippen LogP contribution in [0, 0.1) is 3.57 Å². The highest BCUT2D eigenvalue weighted by atomic mass is 127. The Morgan fingerprint density at radius 2 is 1.65 bits per heavy atom. The smallest absolute Gasteiger partial charge is 0.260 e. The molecule has 2 aromatic rings. The summed E-state index contributed by atoms with van der Waals surface area (Å²) in [4.78, 5) is 26.1. The van der Waals surface area contributed by atoms with Crippen molar-refractivity contribution in [1.82, 2.24) is 10.2 Å². The van der Waals surface area contributed by atoms with Crippen LogP contribution in [0.1, 0.15) is 10.4 Å². The fraction of sp³-hybridized carbons (Fsp3) is 0.176. The molecule has 1 N–H and O–H groups in total. The monoisotopic (exact) mass is 506 g/mol. The van der Waals surface area contributed by atoms with E-state index in [-0.39, 0.29) is 10.5 Å². The average Bonchev–Trinajstić information content (AvgIpc) is 2.59. The molecule has 0 spiro atoms. The van der Waals surface area contributed by atoms with Crippen molar-refractivity contribution in [2.45, 2.75) is 10.3 Å². The Morgan fingerprint density at radius 1 is 1.08 bits per heavy atom. The molecule has 138 valence electrons. The third-order valence-electron chi connectivity index (χ3n) is 3.50. The molecule has 26 heavy (non-hydrogen) atoms. The number of benzene rings is 2. The van der Waals surface area contributed by atoms with Crippen molar-refractivity contribution in [2.75, 3.05) is 14.1 Å². The Kier molecular flexibility index (Phi) is 6.64. The van der Waals surface area contributed by atoms with Crippen molar-refractivity contribution in [1.29, 1.82) is 0 Å². The minimum Gasteiger partial charge on any atom is -0.346 e. The molecular weight excluding hydrogens is 491 g/mol. The van der Waals surface area contributed by atoms with E-state index in [1.807, 2.05) is 22.6 Å². The predicted octanol–water partition coefficient (Wildman–Crippen LogP) is 2.56. The number of sulfone groups is 1. The van der Waals surface area contributed by atoms with Crippen molar-refractivity contribution >= 4 is 55.8 Å². The third-order valence-corrected chi connectivity index (χ3v) is 6.56. The van der Waals surface area contributed by atoms with Gasteiger partial charge in [0.05, 0.1) is 10.5 Å². The molecule has 6 nitrogen and oxygen atoms in total. The van der Waals surface area contributed by atoms with Crippen LogP contribution in [-0.2, 0) is 14.6 Å². The number of likely N-dealkylation sites (N-methyl/N-ethyl adjacent to an activating group) is 1. The summed E-state index contributed by atoms with van der Waals surface area (Å²) in [6, 6.07) is 12.1. The van der Waals surface area contributed by atoms with Gasteiger partial charge in [0, 0.05) is 22.7 Å². The van der Waals surface area contributed by atoms with Crippen LogP contribution in [-0.4, -0.2) is 44.6 Å². The molecule has 0 saturated carbocycles. The third kappa shape index (κ3) is 4.54. The Bertz CT molecular complexity index is 930. The highest BCUT2D eigenvalue weighted by molar-refractivity contribution is 14.1. The standard InChI is InChI=1S/C17H16ClIN2O4S/c1-21(2)17(23)16(20-15(22)13-5-3-4-6-14(13)19)26(24,25)12-9-7-11(18)8-10-12/h3-10,16H,1-2H3,(H,20,22). The first kappa shape index (κ1) is 20.7. The number of rotatable bonds is 5. The Hall–Kier alpha value is -1.65. The Morgan fingerprint density at radius 3 is 2.19 bits per heavy atom. The summed E-state index contributed by atoms with van der Waals surface area (Å²) in [5.74, 6) is -1.40. The fourth-order valence-electron chi connectivity index (χ4n) is 2.11. The zero-order chi connectivity index (χ0) is 19.5. The molecule has 1 unspecified atom stereocenters. The SMILES string of the molecule is CN(C)C(=O)C(NC(=O)c1ccccc1I)S(=O)(=O)c1ccc(Cl)cc1. The van der Waals surface area contributed by atoms with Crippen LogP contribution in [0.15, 0.2) is 53.4 Å². The van der Waals surface area contributed by atoms with Crippen molar-refractivity contribution in [3.05, 3.63) is 62.7 Å². The second-order valence-electron chi connectivity index (χ2n) is 5.56. The van der Waals surface area contributed by atoms with Gasteiger partial charge in [0.15, 0.2) is 0 Å². The van der Waals surface area contributed by atoms with E-state index in [0.29, 0.717) is 8.59 Å². The molecule has 0 aliphatic heterocycles. The molecule has 0 aliphatic rings. The topological polar surface area (TPSA) is 83.6 Å². The maximum absolute atomic E-state index is 12.9. The predicted molar refractivity (Wildman–Crippen MR) is 108 cm³/mol. The lowest BCUT2D eigenvalue weighted by Crippen LogP contribution is -2.51. The lowest BCUT2D eigenvalue weighted by Gasteiger charge is -2.22. The van der Waals surface area contributed by atoms with Crippen LogP contribution in [0.5, 0.6) is 0 Å². The summed E-state index contributed by atoms with van der Waals surface area (Å²) in [5.41, 5.74) is 0.288. The molecule has 0 saturated heterocycles. The number of hydrogen-bond acceptors (Lipinski definition) is 4. The lowest BCUT2D eigenvalue weighted by molar-refractivity contribution is -0.128. The van der Waals surface area contributed by atoms with Crippen LogP contribution in [0.3, 0.4) is 0 Å². The molecular formula is C17H16ClIN2O4S. The maximum atomic E-state index is 12.9. The van der Waals surface area contributed by atoms with Gasteiger partial charge in [0.25, 0.3) is 11.8 Å². The first-order valence-electron chi connectivity index (χ1n) is 7.40. The summed E-state index contributed by atoms with van der Waals surface area (Å²) < 4.78 is 26.5. The highest BCUT2D eigenvalue weighted by Gasteiger charge is 2.37. The Balaban J connectivity index is 2.44. The molecule has 0 bridgehead atoms. The zero-order valence-corrected chi connectivity index (χ0v) is 17.7. The minimum atomic E-state index is -4.16. The number of amides is 2. The van der Waals surface area contributed by atoms with E-state index < -0.39 is 27.0 Å². The number of carbonyl (C=O) groups excluding carboxylic acids is 2. The normalized spacial score (nSPS) is 12.3. The molecule has 1 atom stereocenters.